The molecule has 2 aromatic rings. The summed E-state index contributed by atoms with van der Waals surface area (Å²) < 4.78 is 17.9. The van der Waals surface area contributed by atoms with E-state index >= 15 is 0 Å². The van der Waals surface area contributed by atoms with Crippen LogP contribution in [0.15, 0.2) is 36.4 Å². The minimum atomic E-state index is -0.324. The van der Waals surface area contributed by atoms with Gasteiger partial charge in [0.05, 0.1) is 12.7 Å². The topological polar surface area (TPSA) is 38.3 Å². The second-order valence-corrected chi connectivity index (χ2v) is 6.55. The molecule has 0 amide bonds. The van der Waals surface area contributed by atoms with Gasteiger partial charge in [-0.15, -0.1) is 11.3 Å². The van der Waals surface area contributed by atoms with Gasteiger partial charge in [0.2, 0.25) is 0 Å². The van der Waals surface area contributed by atoms with Crippen molar-refractivity contribution in [1.82, 2.24) is 5.32 Å². The quantitative estimate of drug-likeness (QED) is 0.873. The van der Waals surface area contributed by atoms with Gasteiger partial charge in [0.1, 0.15) is 0 Å². The molecule has 1 aromatic heterocycles. The highest BCUT2D eigenvalue weighted by Gasteiger charge is 2.25. The largest absolute Gasteiger partial charge is 0.465 e. The van der Waals surface area contributed by atoms with Crippen LogP contribution in [0.2, 0.25) is 0 Å². The predicted molar refractivity (Wildman–Crippen MR) is 84.8 cm³/mol. The van der Waals surface area contributed by atoms with Crippen molar-refractivity contribution in [2.45, 2.75) is 24.8 Å². The van der Waals surface area contributed by atoms with E-state index in [0.717, 1.165) is 29.8 Å². The fourth-order valence-corrected chi connectivity index (χ4v) is 3.82. The van der Waals surface area contributed by atoms with Gasteiger partial charge in [-0.3, -0.25) is 0 Å². The van der Waals surface area contributed by atoms with E-state index in [1.54, 1.807) is 18.2 Å². The van der Waals surface area contributed by atoms with Crippen molar-refractivity contribution in [2.24, 2.45) is 0 Å². The normalized spacial score (nSPS) is 21.5. The van der Waals surface area contributed by atoms with Gasteiger partial charge in [0.15, 0.2) is 5.13 Å². The second-order valence-electron chi connectivity index (χ2n) is 5.48. The lowest BCUT2D eigenvalue weighted by atomic mass is 9.87. The summed E-state index contributed by atoms with van der Waals surface area (Å²) in [6.45, 7) is 0.910. The Bertz CT molecular complexity index is 653. The van der Waals surface area contributed by atoms with Crippen LogP contribution < -0.4 is 5.32 Å². The number of halogens is 1. The highest BCUT2D eigenvalue weighted by molar-refractivity contribution is 7.10. The van der Waals surface area contributed by atoms with Gasteiger partial charge in [-0.1, -0.05) is 12.1 Å². The Morgan fingerprint density at radius 3 is 2.68 bits per heavy atom. The number of hydrogen-bond acceptors (Lipinski definition) is 4. The van der Waals surface area contributed by atoms with Gasteiger partial charge in [-0.05, 0) is 55.1 Å². The molecule has 1 N–H and O–H groups in total. The molecule has 0 radical (unpaired) electrons. The Hall–Kier alpha value is -1.72. The molecule has 0 aliphatic carbocycles. The van der Waals surface area contributed by atoms with E-state index in [-0.39, 0.29) is 17.1 Å². The summed E-state index contributed by atoms with van der Waals surface area (Å²) in [6, 6.07) is 11.2. The van der Waals surface area contributed by atoms with E-state index < -0.39 is 0 Å². The van der Waals surface area contributed by atoms with Gasteiger partial charge in [-0.25, -0.2) is 4.79 Å². The molecule has 1 aliphatic rings. The smallest absolute Gasteiger partial charge is 0.337 e. The first-order valence-corrected chi connectivity index (χ1v) is 8.16. The van der Waals surface area contributed by atoms with E-state index in [1.165, 1.54) is 18.4 Å². The maximum Gasteiger partial charge on any atom is 0.337 e. The highest BCUT2D eigenvalue weighted by atomic mass is 32.1. The van der Waals surface area contributed by atoms with Crippen LogP contribution in [0, 0.1) is 5.13 Å². The molecule has 1 saturated heterocycles. The summed E-state index contributed by atoms with van der Waals surface area (Å²) in [4.78, 5) is 12.6. The summed E-state index contributed by atoms with van der Waals surface area (Å²) in [6.07, 6.45) is 1.97. The van der Waals surface area contributed by atoms with Gasteiger partial charge in [-0.2, -0.15) is 4.39 Å². The van der Waals surface area contributed by atoms with Crippen molar-refractivity contribution in [2.75, 3.05) is 13.7 Å². The molecule has 3 nitrogen and oxygen atoms in total. The lowest BCUT2D eigenvalue weighted by molar-refractivity contribution is 0.0600. The Morgan fingerprint density at radius 2 is 2.05 bits per heavy atom. The molecule has 1 aromatic carbocycles. The molecule has 22 heavy (non-hydrogen) atoms. The van der Waals surface area contributed by atoms with Crippen LogP contribution in [0.25, 0.3) is 0 Å². The van der Waals surface area contributed by atoms with Crippen LogP contribution in [0.1, 0.15) is 45.6 Å². The number of carbonyl (C=O) groups is 1. The first kappa shape index (κ1) is 15.2. The zero-order valence-electron chi connectivity index (χ0n) is 12.3. The van der Waals surface area contributed by atoms with Gasteiger partial charge < -0.3 is 10.1 Å². The second kappa shape index (κ2) is 6.58. The maximum atomic E-state index is 13.2. The monoisotopic (exact) mass is 319 g/mol. The number of nitrogens with one attached hydrogen (secondary N) is 1. The molecule has 2 heterocycles. The van der Waals surface area contributed by atoms with Crippen LogP contribution in [0.5, 0.6) is 0 Å². The summed E-state index contributed by atoms with van der Waals surface area (Å²) in [5.74, 6) is 0.0659. The Balaban J connectivity index is 1.73. The molecule has 0 spiro atoms. The van der Waals surface area contributed by atoms with Gasteiger partial charge >= 0.3 is 5.97 Å². The average Bonchev–Trinajstić information content (AvgIpc) is 3.01. The van der Waals surface area contributed by atoms with Gasteiger partial charge in [0, 0.05) is 10.9 Å². The molecule has 5 heteroatoms. The summed E-state index contributed by atoms with van der Waals surface area (Å²) >= 11 is 1.25. The molecule has 116 valence electrons. The number of rotatable bonds is 3. The number of methoxy groups -OCH3 is 1. The first-order valence-electron chi connectivity index (χ1n) is 7.34. The number of hydrogen-bond donors (Lipinski definition) is 1. The Morgan fingerprint density at radius 1 is 1.27 bits per heavy atom. The molecular formula is C17H18FNO2S. The molecule has 0 bridgehead atoms. The summed E-state index contributed by atoms with van der Waals surface area (Å²) in [5, 5.41) is 3.38. The number of thiophene rings is 1. The van der Waals surface area contributed by atoms with Crippen LogP contribution in [0.4, 0.5) is 4.39 Å². The predicted octanol–water partition coefficient (Wildman–Crippen LogP) is 3.88. The molecule has 1 unspecified atom stereocenters. The minimum Gasteiger partial charge on any atom is -0.465 e. The van der Waals surface area contributed by atoms with E-state index in [4.69, 9.17) is 4.74 Å². The van der Waals surface area contributed by atoms with Crippen molar-refractivity contribution in [3.8, 4) is 0 Å². The van der Waals surface area contributed by atoms with Crippen molar-refractivity contribution >= 4 is 17.3 Å². The van der Waals surface area contributed by atoms with Crippen LogP contribution in [-0.4, -0.2) is 19.6 Å². The van der Waals surface area contributed by atoms with Gasteiger partial charge in [0.25, 0.3) is 0 Å². The molecule has 1 fully saturated rings. The van der Waals surface area contributed by atoms with E-state index in [9.17, 15) is 9.18 Å². The van der Waals surface area contributed by atoms with Crippen molar-refractivity contribution < 1.29 is 13.9 Å². The number of ether oxygens (including phenoxy) is 1. The molecule has 1 aliphatic heterocycles. The zero-order valence-corrected chi connectivity index (χ0v) is 13.2. The molecule has 2 atom stereocenters. The van der Waals surface area contributed by atoms with Crippen molar-refractivity contribution in [1.29, 1.82) is 0 Å². The lowest BCUT2D eigenvalue weighted by Crippen LogP contribution is -2.30. The fraction of sp³-hybridized carbons (Fsp3) is 0.353. The highest BCUT2D eigenvalue weighted by Crippen LogP contribution is 2.37. The summed E-state index contributed by atoms with van der Waals surface area (Å²) in [5.41, 5.74) is 1.70. The standard InChI is InChI=1S/C17H18FNO2S/c1-21-17(20)12-4-2-11(3-5-12)14-10-13(8-9-19-14)15-6-7-16(18)22-15/h2-7,13-14,19H,8-10H2,1H3/t13?,14-/m0/s1. The van der Waals surface area contributed by atoms with Crippen LogP contribution in [-0.2, 0) is 4.74 Å². The average molecular weight is 319 g/mol. The SMILES string of the molecule is COC(=O)c1ccc([C@@H]2CC(c3ccc(F)s3)CCN2)cc1. The third-order valence-electron chi connectivity index (χ3n) is 4.13. The number of piperidine rings is 1. The van der Waals surface area contributed by atoms with Crippen LogP contribution in [0.3, 0.4) is 0 Å². The maximum absolute atomic E-state index is 13.2. The number of carbonyl (C=O) groups excluding carboxylic acids is 1. The molecule has 3 rings (SSSR count). The fourth-order valence-electron chi connectivity index (χ4n) is 2.95. The van der Waals surface area contributed by atoms with Crippen LogP contribution >= 0.6 is 11.3 Å². The molecule has 0 saturated carbocycles. The number of benzene rings is 1. The lowest BCUT2D eigenvalue weighted by Gasteiger charge is -2.30. The minimum absolute atomic E-state index is 0.118. The third-order valence-corrected chi connectivity index (χ3v) is 5.17. The van der Waals surface area contributed by atoms with Crippen molar-refractivity contribution in [3.05, 3.63) is 57.5 Å². The van der Waals surface area contributed by atoms with Crippen molar-refractivity contribution in [3.63, 3.8) is 0 Å². The first-order chi connectivity index (χ1) is 10.7. The third kappa shape index (κ3) is 3.20. The Kier molecular flexibility index (Phi) is 4.55. The summed E-state index contributed by atoms with van der Waals surface area (Å²) in [7, 11) is 1.38. The van der Waals surface area contributed by atoms with E-state index in [0.29, 0.717) is 11.5 Å². The molecular weight excluding hydrogens is 301 g/mol. The van der Waals surface area contributed by atoms with E-state index in [2.05, 4.69) is 5.32 Å². The Labute approximate surface area is 133 Å². The van der Waals surface area contributed by atoms with E-state index in [1.807, 2.05) is 18.2 Å². The number of esters is 1. The zero-order chi connectivity index (χ0) is 15.5.